The highest BCUT2D eigenvalue weighted by atomic mass is 35.5. The number of carbonyl (C=O) groups is 2. The van der Waals surface area contributed by atoms with Crippen molar-refractivity contribution in [3.63, 3.8) is 0 Å². The van der Waals surface area contributed by atoms with E-state index < -0.39 is 34.3 Å². The number of benzene rings is 4. The Bertz CT molecular complexity index is 1780. The van der Waals surface area contributed by atoms with E-state index in [2.05, 4.69) is 5.32 Å². The number of carbonyl (C=O) groups excluding carboxylic acids is 2. The predicted molar refractivity (Wildman–Crippen MR) is 183 cm³/mol. The zero-order valence-corrected chi connectivity index (χ0v) is 27.9. The fraction of sp³-hybridized carbons (Fsp3) is 0.297. The van der Waals surface area contributed by atoms with Gasteiger partial charge in [0.2, 0.25) is 11.8 Å². The van der Waals surface area contributed by atoms with Gasteiger partial charge in [0.05, 0.1) is 10.6 Å². The van der Waals surface area contributed by atoms with Crippen molar-refractivity contribution in [2.24, 2.45) is 0 Å². The summed E-state index contributed by atoms with van der Waals surface area (Å²) in [6.45, 7) is 0.910. The minimum Gasteiger partial charge on any atom is -0.352 e. The minimum atomic E-state index is -4.28. The Balaban J connectivity index is 1.58. The number of amides is 2. The van der Waals surface area contributed by atoms with E-state index in [1.807, 2.05) is 30.3 Å². The number of nitrogens with one attached hydrogen (secondary N) is 1. The molecule has 1 N–H and O–H groups in total. The number of anilines is 1. The third kappa shape index (κ3) is 8.58. The smallest absolute Gasteiger partial charge is 0.264 e. The van der Waals surface area contributed by atoms with Crippen LogP contribution >= 0.6 is 11.6 Å². The van der Waals surface area contributed by atoms with E-state index in [4.69, 9.17) is 11.6 Å². The molecule has 0 bridgehead atoms. The largest absolute Gasteiger partial charge is 0.352 e. The van der Waals surface area contributed by atoms with Gasteiger partial charge in [-0.15, -0.1) is 0 Å². The molecule has 4 aromatic rings. The number of halogens is 2. The quantitative estimate of drug-likeness (QED) is 0.174. The second-order valence-electron chi connectivity index (χ2n) is 11.9. The van der Waals surface area contributed by atoms with E-state index >= 15 is 4.39 Å². The molecule has 1 aliphatic carbocycles. The number of hydrogen-bond donors (Lipinski definition) is 1. The van der Waals surface area contributed by atoms with E-state index in [0.29, 0.717) is 16.3 Å². The van der Waals surface area contributed by atoms with Crippen LogP contribution in [0.3, 0.4) is 0 Å². The van der Waals surface area contributed by atoms with E-state index in [-0.39, 0.29) is 35.4 Å². The summed E-state index contributed by atoms with van der Waals surface area (Å²) in [5.74, 6) is -1.52. The summed E-state index contributed by atoms with van der Waals surface area (Å²) in [6.07, 6.45) is 4.94. The van der Waals surface area contributed by atoms with E-state index in [0.717, 1.165) is 42.0 Å². The molecule has 4 aromatic carbocycles. The molecule has 1 saturated carbocycles. The molecule has 1 fully saturated rings. The van der Waals surface area contributed by atoms with Gasteiger partial charge in [0, 0.05) is 29.6 Å². The van der Waals surface area contributed by atoms with Gasteiger partial charge in [-0.3, -0.25) is 13.9 Å². The van der Waals surface area contributed by atoms with E-state index in [9.17, 15) is 18.0 Å². The molecule has 1 aliphatic rings. The third-order valence-electron chi connectivity index (χ3n) is 8.59. The van der Waals surface area contributed by atoms with Crippen molar-refractivity contribution in [2.45, 2.75) is 69.0 Å². The summed E-state index contributed by atoms with van der Waals surface area (Å²) in [4.78, 5) is 30.0. The maximum absolute atomic E-state index is 15.1. The molecule has 0 aliphatic heterocycles. The van der Waals surface area contributed by atoms with Crippen LogP contribution in [0, 0.1) is 12.7 Å². The summed E-state index contributed by atoms with van der Waals surface area (Å²) in [7, 11) is -4.28. The molecule has 0 spiro atoms. The van der Waals surface area contributed by atoms with Crippen molar-refractivity contribution < 1.29 is 22.4 Å². The maximum Gasteiger partial charge on any atom is 0.264 e. The van der Waals surface area contributed by atoms with Crippen LogP contribution in [0.4, 0.5) is 10.1 Å². The van der Waals surface area contributed by atoms with Crippen molar-refractivity contribution in [3.8, 4) is 0 Å². The molecule has 7 nitrogen and oxygen atoms in total. The molecular formula is C37H39ClFN3O4S. The molecule has 1 unspecified atom stereocenters. The lowest BCUT2D eigenvalue weighted by Gasteiger charge is -2.35. The van der Waals surface area contributed by atoms with Gasteiger partial charge in [0.25, 0.3) is 10.0 Å². The average molecular weight is 676 g/mol. The summed E-state index contributed by atoms with van der Waals surface area (Å²) < 4.78 is 44.6. The van der Waals surface area contributed by atoms with Crippen LogP contribution in [-0.2, 0) is 32.6 Å². The summed E-state index contributed by atoms with van der Waals surface area (Å²) in [6, 6.07) is 26.9. The molecule has 10 heteroatoms. The fourth-order valence-corrected chi connectivity index (χ4v) is 7.60. The molecule has 246 valence electrons. The third-order valence-corrected chi connectivity index (χ3v) is 10.6. The molecule has 0 heterocycles. The van der Waals surface area contributed by atoms with Crippen LogP contribution in [0.5, 0.6) is 0 Å². The van der Waals surface area contributed by atoms with Crippen LogP contribution < -0.4 is 9.62 Å². The summed E-state index contributed by atoms with van der Waals surface area (Å²) in [5, 5.41) is 3.53. The molecule has 2 amide bonds. The fourth-order valence-electron chi connectivity index (χ4n) is 6.00. The molecule has 1 atom stereocenters. The van der Waals surface area contributed by atoms with Gasteiger partial charge in [0.15, 0.2) is 0 Å². The SMILES string of the molecule is Cc1ccccc1N(CC(=O)N(Cc1ccccc1F)C(Cc1ccccc1)C(=O)NC1CCCCC1)S(=O)(=O)c1ccc(Cl)cc1. The van der Waals surface area contributed by atoms with Crippen LogP contribution in [0.25, 0.3) is 0 Å². The summed E-state index contributed by atoms with van der Waals surface area (Å²) >= 11 is 6.06. The number of para-hydroxylation sites is 1. The highest BCUT2D eigenvalue weighted by Gasteiger charge is 2.36. The maximum atomic E-state index is 15.1. The lowest BCUT2D eigenvalue weighted by atomic mass is 9.94. The predicted octanol–water partition coefficient (Wildman–Crippen LogP) is 7.07. The molecule has 47 heavy (non-hydrogen) atoms. The van der Waals surface area contributed by atoms with Crippen molar-refractivity contribution in [3.05, 3.63) is 131 Å². The van der Waals surface area contributed by atoms with Gasteiger partial charge >= 0.3 is 0 Å². The van der Waals surface area contributed by atoms with Crippen molar-refractivity contribution in [1.29, 1.82) is 0 Å². The zero-order valence-electron chi connectivity index (χ0n) is 26.3. The monoisotopic (exact) mass is 675 g/mol. The van der Waals surface area contributed by atoms with Crippen LogP contribution in [0.1, 0.15) is 48.8 Å². The second-order valence-corrected chi connectivity index (χ2v) is 14.2. The number of sulfonamides is 1. The van der Waals surface area contributed by atoms with Gasteiger partial charge in [0.1, 0.15) is 18.4 Å². The normalized spacial score (nSPS) is 14.3. The van der Waals surface area contributed by atoms with E-state index in [1.165, 1.54) is 35.2 Å². The number of nitrogens with zero attached hydrogens (tertiary/aromatic N) is 2. The lowest BCUT2D eigenvalue weighted by Crippen LogP contribution is -2.55. The zero-order chi connectivity index (χ0) is 33.4. The first kappa shape index (κ1) is 34.1. The molecular weight excluding hydrogens is 637 g/mol. The van der Waals surface area contributed by atoms with Gasteiger partial charge in [-0.2, -0.15) is 0 Å². The van der Waals surface area contributed by atoms with E-state index in [1.54, 1.807) is 49.4 Å². The highest BCUT2D eigenvalue weighted by Crippen LogP contribution is 2.29. The Hall–Kier alpha value is -4.21. The van der Waals surface area contributed by atoms with Crippen LogP contribution in [0.15, 0.2) is 108 Å². The lowest BCUT2D eigenvalue weighted by molar-refractivity contribution is -0.140. The number of aryl methyl sites for hydroxylation is 1. The standard InChI is InChI=1S/C37H39ClFN3O4S/c1-27-12-8-11-19-34(27)42(47(45,46)32-22-20-30(38)21-23-32)26-36(43)41(25-29-15-9-10-18-33(29)39)35(24-28-13-4-2-5-14-28)37(44)40-31-16-6-3-7-17-31/h2,4-5,8-15,18-23,31,35H,3,6-7,16-17,24-26H2,1H3,(H,40,44). The first-order valence-electron chi connectivity index (χ1n) is 15.8. The molecule has 0 aromatic heterocycles. The van der Waals surface area contributed by atoms with Crippen molar-refractivity contribution in [1.82, 2.24) is 10.2 Å². The van der Waals surface area contributed by atoms with Gasteiger partial charge in [-0.05, 0) is 67.3 Å². The minimum absolute atomic E-state index is 0.0336. The average Bonchev–Trinajstić information content (AvgIpc) is 3.07. The highest BCUT2D eigenvalue weighted by molar-refractivity contribution is 7.92. The van der Waals surface area contributed by atoms with Gasteiger partial charge < -0.3 is 10.2 Å². The number of hydrogen-bond acceptors (Lipinski definition) is 4. The summed E-state index contributed by atoms with van der Waals surface area (Å²) in [5.41, 5.74) is 1.97. The van der Waals surface area contributed by atoms with Crippen LogP contribution in [0.2, 0.25) is 5.02 Å². The second kappa shape index (κ2) is 15.6. The van der Waals surface area contributed by atoms with Gasteiger partial charge in [-0.25, -0.2) is 12.8 Å². The first-order valence-corrected chi connectivity index (χ1v) is 17.7. The Morgan fingerprint density at radius 1 is 0.872 bits per heavy atom. The molecule has 5 rings (SSSR count). The topological polar surface area (TPSA) is 86.8 Å². The molecule has 0 saturated heterocycles. The van der Waals surface area contributed by atoms with Crippen LogP contribution in [-0.4, -0.2) is 43.8 Å². The Morgan fingerprint density at radius 3 is 2.19 bits per heavy atom. The Labute approximate surface area is 281 Å². The van der Waals surface area contributed by atoms with Crippen molar-refractivity contribution in [2.75, 3.05) is 10.8 Å². The number of rotatable bonds is 12. The molecule has 0 radical (unpaired) electrons. The first-order chi connectivity index (χ1) is 22.6. The van der Waals surface area contributed by atoms with Crippen molar-refractivity contribution >= 4 is 39.1 Å². The van der Waals surface area contributed by atoms with Gasteiger partial charge in [-0.1, -0.05) is 97.6 Å². The Morgan fingerprint density at radius 2 is 1.51 bits per heavy atom. The Kier molecular flexibility index (Phi) is 11.3.